The van der Waals surface area contributed by atoms with Crippen molar-refractivity contribution in [2.75, 3.05) is 25.4 Å². The normalized spacial score (nSPS) is 22.0. The van der Waals surface area contributed by atoms with E-state index in [-0.39, 0.29) is 23.7 Å². The van der Waals surface area contributed by atoms with Gasteiger partial charge in [-0.3, -0.25) is 0 Å². The number of nitrogens with one attached hydrogen (secondary N) is 1. The summed E-state index contributed by atoms with van der Waals surface area (Å²) in [6.07, 6.45) is 0.990. The van der Waals surface area contributed by atoms with Crippen LogP contribution in [0.2, 0.25) is 0 Å². The predicted molar refractivity (Wildman–Crippen MR) is 82.2 cm³/mol. The zero-order chi connectivity index (χ0) is 17.1. The lowest BCUT2D eigenvalue weighted by Gasteiger charge is -2.35. The molecule has 128 valence electrons. The Morgan fingerprint density at radius 2 is 2.00 bits per heavy atom. The number of sulfone groups is 1. The number of carbonyl (C=O) groups excluding carboxylic acids is 1. The SMILES string of the molecule is CC1(F)CCCN(C(=O)NCCS(=O)(=O)c2ccc(F)cc2)C1. The summed E-state index contributed by atoms with van der Waals surface area (Å²) in [6, 6.07) is 4.04. The molecule has 0 radical (unpaired) electrons. The second-order valence-corrected chi connectivity index (χ2v) is 8.05. The van der Waals surface area contributed by atoms with Crippen LogP contribution in [-0.4, -0.2) is 50.4 Å². The Morgan fingerprint density at radius 1 is 1.35 bits per heavy atom. The summed E-state index contributed by atoms with van der Waals surface area (Å²) in [7, 11) is -3.60. The zero-order valence-electron chi connectivity index (χ0n) is 12.9. The highest BCUT2D eigenvalue weighted by atomic mass is 32.2. The molecule has 1 heterocycles. The van der Waals surface area contributed by atoms with Gasteiger partial charge in [-0.1, -0.05) is 0 Å². The van der Waals surface area contributed by atoms with Crippen LogP contribution in [0.4, 0.5) is 13.6 Å². The minimum Gasteiger partial charge on any atom is -0.337 e. The topological polar surface area (TPSA) is 66.5 Å². The summed E-state index contributed by atoms with van der Waals surface area (Å²) in [5.41, 5.74) is -1.41. The summed E-state index contributed by atoms with van der Waals surface area (Å²) < 4.78 is 50.8. The molecule has 1 unspecified atom stereocenters. The number of nitrogens with zero attached hydrogens (tertiary/aromatic N) is 1. The predicted octanol–water partition coefficient (Wildman–Crippen LogP) is 2.13. The number of alkyl halides is 1. The van der Waals surface area contributed by atoms with E-state index in [0.29, 0.717) is 19.4 Å². The fraction of sp³-hybridized carbons (Fsp3) is 0.533. The molecule has 0 aromatic heterocycles. The molecule has 0 aliphatic carbocycles. The number of hydrogen-bond donors (Lipinski definition) is 1. The molecule has 0 spiro atoms. The van der Waals surface area contributed by atoms with Crippen molar-refractivity contribution in [3.05, 3.63) is 30.1 Å². The van der Waals surface area contributed by atoms with E-state index in [9.17, 15) is 22.0 Å². The largest absolute Gasteiger partial charge is 0.337 e. The molecule has 1 saturated heterocycles. The van der Waals surface area contributed by atoms with Crippen molar-refractivity contribution in [2.24, 2.45) is 0 Å². The zero-order valence-corrected chi connectivity index (χ0v) is 13.7. The highest BCUT2D eigenvalue weighted by Gasteiger charge is 2.32. The summed E-state index contributed by atoms with van der Waals surface area (Å²) in [6.45, 7) is 1.82. The Kier molecular flexibility index (Phi) is 5.23. The molecule has 1 aliphatic heterocycles. The minimum atomic E-state index is -3.60. The van der Waals surface area contributed by atoms with E-state index in [1.54, 1.807) is 0 Å². The van der Waals surface area contributed by atoms with E-state index in [1.807, 2.05) is 0 Å². The van der Waals surface area contributed by atoms with Crippen molar-refractivity contribution < 1.29 is 22.0 Å². The van der Waals surface area contributed by atoms with Gasteiger partial charge in [-0.2, -0.15) is 0 Å². The van der Waals surface area contributed by atoms with Crippen LogP contribution in [0, 0.1) is 5.82 Å². The molecule has 5 nitrogen and oxygen atoms in total. The van der Waals surface area contributed by atoms with Crippen molar-refractivity contribution in [3.63, 3.8) is 0 Å². The first-order valence-electron chi connectivity index (χ1n) is 7.40. The number of carbonyl (C=O) groups is 1. The highest BCUT2D eigenvalue weighted by Crippen LogP contribution is 2.24. The fourth-order valence-corrected chi connectivity index (χ4v) is 3.69. The number of benzene rings is 1. The van der Waals surface area contributed by atoms with Gasteiger partial charge in [0.1, 0.15) is 11.5 Å². The van der Waals surface area contributed by atoms with Gasteiger partial charge in [0, 0.05) is 13.1 Å². The Labute approximate surface area is 134 Å². The third-order valence-corrected chi connectivity index (χ3v) is 5.49. The number of rotatable bonds is 4. The van der Waals surface area contributed by atoms with Crippen molar-refractivity contribution in [2.45, 2.75) is 30.3 Å². The molecular formula is C15H20F2N2O3S. The van der Waals surface area contributed by atoms with Crippen molar-refractivity contribution in [1.29, 1.82) is 0 Å². The first-order valence-corrected chi connectivity index (χ1v) is 9.05. The van der Waals surface area contributed by atoms with Gasteiger partial charge in [-0.15, -0.1) is 0 Å². The van der Waals surface area contributed by atoms with E-state index in [2.05, 4.69) is 5.32 Å². The average Bonchev–Trinajstić information content (AvgIpc) is 2.46. The number of halogens is 2. The molecule has 1 aromatic rings. The van der Waals surface area contributed by atoms with Crippen LogP contribution >= 0.6 is 0 Å². The quantitative estimate of drug-likeness (QED) is 0.850. The standard InChI is InChI=1S/C15H20F2N2O3S/c1-15(17)7-2-9-19(11-15)14(20)18-8-10-23(21,22)13-5-3-12(16)4-6-13/h3-6H,2,7-11H2,1H3,(H,18,20). The summed E-state index contributed by atoms with van der Waals surface area (Å²) >= 11 is 0. The first-order chi connectivity index (χ1) is 10.7. The van der Waals surface area contributed by atoms with Crippen LogP contribution in [0.3, 0.4) is 0 Å². The van der Waals surface area contributed by atoms with Gasteiger partial charge >= 0.3 is 6.03 Å². The van der Waals surface area contributed by atoms with E-state index in [1.165, 1.54) is 24.0 Å². The maximum absolute atomic E-state index is 13.9. The summed E-state index contributed by atoms with van der Waals surface area (Å²) in [4.78, 5) is 13.3. The van der Waals surface area contributed by atoms with Crippen LogP contribution < -0.4 is 5.32 Å². The van der Waals surface area contributed by atoms with Gasteiger partial charge in [0.25, 0.3) is 0 Å². The van der Waals surface area contributed by atoms with Gasteiger partial charge < -0.3 is 10.2 Å². The number of urea groups is 1. The lowest BCUT2D eigenvalue weighted by atomic mass is 9.97. The van der Waals surface area contributed by atoms with E-state index < -0.39 is 27.4 Å². The van der Waals surface area contributed by atoms with Gasteiger partial charge in [0.15, 0.2) is 9.84 Å². The molecule has 0 bridgehead atoms. The molecule has 8 heteroatoms. The first kappa shape index (κ1) is 17.7. The Balaban J connectivity index is 1.86. The molecule has 1 fully saturated rings. The van der Waals surface area contributed by atoms with Crippen molar-refractivity contribution in [3.8, 4) is 0 Å². The highest BCUT2D eigenvalue weighted by molar-refractivity contribution is 7.91. The van der Waals surface area contributed by atoms with E-state index in [4.69, 9.17) is 0 Å². The van der Waals surface area contributed by atoms with Gasteiger partial charge in [-0.25, -0.2) is 22.0 Å². The molecule has 23 heavy (non-hydrogen) atoms. The molecule has 1 aliphatic rings. The summed E-state index contributed by atoms with van der Waals surface area (Å²) in [5, 5.41) is 2.49. The maximum atomic E-state index is 13.9. The number of piperidine rings is 1. The van der Waals surface area contributed by atoms with Crippen LogP contribution in [0.5, 0.6) is 0 Å². The maximum Gasteiger partial charge on any atom is 0.317 e. The minimum absolute atomic E-state index is 0.00227. The Hall–Kier alpha value is -1.70. The Bertz CT molecular complexity index is 660. The lowest BCUT2D eigenvalue weighted by molar-refractivity contribution is 0.0766. The fourth-order valence-electron chi connectivity index (χ4n) is 2.53. The number of hydrogen-bond acceptors (Lipinski definition) is 3. The molecule has 1 aromatic carbocycles. The third-order valence-electron chi connectivity index (χ3n) is 3.75. The molecule has 2 amide bonds. The van der Waals surface area contributed by atoms with E-state index in [0.717, 1.165) is 12.1 Å². The Morgan fingerprint density at radius 3 is 2.61 bits per heavy atom. The summed E-state index contributed by atoms with van der Waals surface area (Å²) in [5.74, 6) is -0.818. The molecule has 1 atom stereocenters. The number of likely N-dealkylation sites (tertiary alicyclic amines) is 1. The van der Waals surface area contributed by atoms with Gasteiger partial charge in [0.2, 0.25) is 0 Å². The molecule has 0 saturated carbocycles. The van der Waals surface area contributed by atoms with Crippen molar-refractivity contribution in [1.82, 2.24) is 10.2 Å². The van der Waals surface area contributed by atoms with Crippen LogP contribution in [0.1, 0.15) is 19.8 Å². The van der Waals surface area contributed by atoms with Crippen LogP contribution in [0.25, 0.3) is 0 Å². The van der Waals surface area contributed by atoms with Crippen LogP contribution in [-0.2, 0) is 9.84 Å². The average molecular weight is 346 g/mol. The molecule has 1 N–H and O–H groups in total. The smallest absolute Gasteiger partial charge is 0.317 e. The van der Waals surface area contributed by atoms with Gasteiger partial charge in [-0.05, 0) is 44.0 Å². The van der Waals surface area contributed by atoms with E-state index >= 15 is 0 Å². The molecule has 2 rings (SSSR count). The van der Waals surface area contributed by atoms with Gasteiger partial charge in [0.05, 0.1) is 17.2 Å². The monoisotopic (exact) mass is 346 g/mol. The number of amides is 2. The van der Waals surface area contributed by atoms with Crippen molar-refractivity contribution >= 4 is 15.9 Å². The second kappa shape index (κ2) is 6.82. The molecular weight excluding hydrogens is 326 g/mol. The second-order valence-electron chi connectivity index (χ2n) is 5.94. The third kappa shape index (κ3) is 4.89. The lowest BCUT2D eigenvalue weighted by Crippen LogP contribution is -2.50. The van der Waals surface area contributed by atoms with Crippen LogP contribution in [0.15, 0.2) is 29.2 Å².